The van der Waals surface area contributed by atoms with E-state index in [9.17, 15) is 19.5 Å². The van der Waals surface area contributed by atoms with Crippen LogP contribution < -0.4 is 16.4 Å². The van der Waals surface area contributed by atoms with E-state index < -0.39 is 17.9 Å². The summed E-state index contributed by atoms with van der Waals surface area (Å²) in [7, 11) is 0. The zero-order valence-electron chi connectivity index (χ0n) is 26.8. The van der Waals surface area contributed by atoms with E-state index in [4.69, 9.17) is 5.73 Å². The Morgan fingerprint density at radius 1 is 0.681 bits per heavy atom. The molecule has 1 unspecified atom stereocenters. The third-order valence-corrected chi connectivity index (χ3v) is 8.13. The molecule has 0 aliphatic heterocycles. The van der Waals surface area contributed by atoms with Gasteiger partial charge in [0, 0.05) is 18.5 Å². The van der Waals surface area contributed by atoms with Crippen LogP contribution in [-0.2, 0) is 23.2 Å². The number of carbonyl (C=O) groups is 3. The van der Waals surface area contributed by atoms with Crippen molar-refractivity contribution >= 4 is 23.5 Å². The van der Waals surface area contributed by atoms with E-state index >= 15 is 0 Å². The van der Waals surface area contributed by atoms with E-state index in [2.05, 4.69) is 31.4 Å². The van der Waals surface area contributed by atoms with Crippen LogP contribution in [0.4, 0.5) is 5.69 Å². The maximum Gasteiger partial charge on any atom is 0.326 e. The SMILES string of the molecule is CC(C)(C)c1ccc(C(=O)Nc2ccc(-c3cccc(CN)c3)cc2C(=O)NC(Cc2ccc(-c3ccccc3)cc2)C(=O)O)cc1. The summed E-state index contributed by atoms with van der Waals surface area (Å²) in [6.45, 7) is 6.65. The number of carboxylic acid groups (broad SMARTS) is 1. The normalized spacial score (nSPS) is 11.8. The van der Waals surface area contributed by atoms with Crippen molar-refractivity contribution in [1.29, 1.82) is 0 Å². The van der Waals surface area contributed by atoms with Gasteiger partial charge in [-0.25, -0.2) is 4.79 Å². The van der Waals surface area contributed by atoms with Crippen molar-refractivity contribution in [3.63, 3.8) is 0 Å². The minimum atomic E-state index is -1.21. The molecule has 5 N–H and O–H groups in total. The highest BCUT2D eigenvalue weighted by molar-refractivity contribution is 6.10. The van der Waals surface area contributed by atoms with Crippen LogP contribution in [0, 0.1) is 0 Å². The van der Waals surface area contributed by atoms with Crippen LogP contribution >= 0.6 is 0 Å². The summed E-state index contributed by atoms with van der Waals surface area (Å²) in [5, 5.41) is 15.7. The number of carbonyl (C=O) groups excluding carboxylic acids is 2. The summed E-state index contributed by atoms with van der Waals surface area (Å²) in [5.41, 5.74) is 13.0. The average molecular weight is 626 g/mol. The summed E-state index contributed by atoms with van der Waals surface area (Å²) >= 11 is 0. The Hall–Kier alpha value is -5.53. The van der Waals surface area contributed by atoms with E-state index in [-0.39, 0.29) is 29.0 Å². The van der Waals surface area contributed by atoms with Crippen molar-refractivity contribution in [3.05, 3.63) is 149 Å². The second-order valence-electron chi connectivity index (χ2n) is 12.6. The zero-order valence-corrected chi connectivity index (χ0v) is 26.8. The standard InChI is InChI=1S/C40H39N3O4/c1-40(2,3)33-19-16-30(17-20-33)37(44)42-35-21-18-32(31-11-7-8-27(22-31)25-41)24-34(35)38(45)43-36(39(46)47)23-26-12-14-29(15-13-26)28-9-5-4-6-10-28/h4-22,24,36H,23,25,41H2,1-3H3,(H,42,44)(H,43,45)(H,46,47). The molecule has 2 amide bonds. The van der Waals surface area contributed by atoms with Gasteiger partial charge in [-0.3, -0.25) is 9.59 Å². The Balaban J connectivity index is 1.42. The summed E-state index contributed by atoms with van der Waals surface area (Å²) in [6.07, 6.45) is 0.0796. The first-order valence-electron chi connectivity index (χ1n) is 15.5. The molecular weight excluding hydrogens is 586 g/mol. The molecule has 7 heteroatoms. The largest absolute Gasteiger partial charge is 0.480 e. The highest BCUT2D eigenvalue weighted by Gasteiger charge is 2.24. The predicted molar refractivity (Wildman–Crippen MR) is 187 cm³/mol. The van der Waals surface area contributed by atoms with Crippen LogP contribution in [0.2, 0.25) is 0 Å². The minimum Gasteiger partial charge on any atom is -0.480 e. The van der Waals surface area contributed by atoms with Gasteiger partial charge in [-0.1, -0.05) is 112 Å². The molecule has 0 fully saturated rings. The summed E-state index contributed by atoms with van der Waals surface area (Å²) < 4.78 is 0. The molecule has 0 saturated carbocycles. The van der Waals surface area contributed by atoms with Gasteiger partial charge in [0.25, 0.3) is 11.8 Å². The summed E-state index contributed by atoms with van der Waals surface area (Å²) in [4.78, 5) is 39.6. The Labute approximate surface area is 275 Å². The van der Waals surface area contributed by atoms with Crippen molar-refractivity contribution in [2.75, 3.05) is 5.32 Å². The number of carboxylic acids is 1. The molecule has 5 aromatic rings. The smallest absolute Gasteiger partial charge is 0.326 e. The fourth-order valence-electron chi connectivity index (χ4n) is 5.35. The van der Waals surface area contributed by atoms with Gasteiger partial charge in [-0.2, -0.15) is 0 Å². The van der Waals surface area contributed by atoms with Gasteiger partial charge in [0.2, 0.25) is 0 Å². The summed E-state index contributed by atoms with van der Waals surface area (Å²) in [5.74, 6) is -2.17. The van der Waals surface area contributed by atoms with Crippen molar-refractivity contribution in [3.8, 4) is 22.3 Å². The van der Waals surface area contributed by atoms with Gasteiger partial charge in [-0.15, -0.1) is 0 Å². The van der Waals surface area contributed by atoms with Crippen LogP contribution in [0.5, 0.6) is 0 Å². The van der Waals surface area contributed by atoms with E-state index in [1.165, 1.54) is 0 Å². The van der Waals surface area contributed by atoms with E-state index in [1.807, 2.05) is 97.1 Å². The van der Waals surface area contributed by atoms with Gasteiger partial charge in [0.05, 0.1) is 11.3 Å². The van der Waals surface area contributed by atoms with Crippen molar-refractivity contribution in [1.82, 2.24) is 5.32 Å². The van der Waals surface area contributed by atoms with Crippen LogP contribution in [-0.4, -0.2) is 28.9 Å². The van der Waals surface area contributed by atoms with Gasteiger partial charge >= 0.3 is 5.97 Å². The highest BCUT2D eigenvalue weighted by atomic mass is 16.4. The number of rotatable bonds is 10. The lowest BCUT2D eigenvalue weighted by molar-refractivity contribution is -0.139. The lowest BCUT2D eigenvalue weighted by Crippen LogP contribution is -2.42. The number of benzene rings is 5. The molecule has 0 saturated heterocycles. The number of nitrogens with two attached hydrogens (primary N) is 1. The molecule has 0 aliphatic rings. The number of nitrogens with one attached hydrogen (secondary N) is 2. The number of hydrogen-bond acceptors (Lipinski definition) is 4. The lowest BCUT2D eigenvalue weighted by atomic mass is 9.86. The van der Waals surface area contributed by atoms with Crippen molar-refractivity contribution in [2.24, 2.45) is 5.73 Å². The second kappa shape index (κ2) is 14.3. The molecule has 0 bridgehead atoms. The molecule has 238 valence electrons. The third-order valence-electron chi connectivity index (χ3n) is 8.13. The quantitative estimate of drug-likeness (QED) is 0.128. The Morgan fingerprint density at radius 2 is 1.30 bits per heavy atom. The number of hydrogen-bond donors (Lipinski definition) is 4. The first-order valence-corrected chi connectivity index (χ1v) is 15.5. The molecule has 7 nitrogen and oxygen atoms in total. The monoisotopic (exact) mass is 625 g/mol. The maximum atomic E-state index is 13.8. The Morgan fingerprint density at radius 3 is 1.94 bits per heavy atom. The molecular formula is C40H39N3O4. The average Bonchev–Trinajstić information content (AvgIpc) is 3.08. The summed E-state index contributed by atoms with van der Waals surface area (Å²) in [6, 6.07) is 36.4. The Kier molecular flexibility index (Phi) is 9.97. The van der Waals surface area contributed by atoms with Crippen molar-refractivity contribution < 1.29 is 19.5 Å². The topological polar surface area (TPSA) is 122 Å². The maximum absolute atomic E-state index is 13.8. The van der Waals surface area contributed by atoms with Gasteiger partial charge in [0.15, 0.2) is 0 Å². The number of aliphatic carboxylic acids is 1. The van der Waals surface area contributed by atoms with Crippen LogP contribution in [0.25, 0.3) is 22.3 Å². The van der Waals surface area contributed by atoms with Crippen LogP contribution in [0.15, 0.2) is 121 Å². The second-order valence-corrected chi connectivity index (χ2v) is 12.6. The van der Waals surface area contributed by atoms with E-state index in [0.717, 1.165) is 38.9 Å². The number of amides is 2. The molecule has 47 heavy (non-hydrogen) atoms. The molecule has 0 heterocycles. The van der Waals surface area contributed by atoms with Gasteiger partial charge in [-0.05, 0) is 74.7 Å². The Bertz CT molecular complexity index is 1880. The van der Waals surface area contributed by atoms with Crippen molar-refractivity contribution in [2.45, 2.75) is 45.2 Å². The van der Waals surface area contributed by atoms with Crippen LogP contribution in [0.1, 0.15) is 58.2 Å². The predicted octanol–water partition coefficient (Wildman–Crippen LogP) is 7.45. The molecule has 5 rings (SSSR count). The first kappa shape index (κ1) is 32.9. The third kappa shape index (κ3) is 8.20. The van der Waals surface area contributed by atoms with Gasteiger partial charge < -0.3 is 21.5 Å². The van der Waals surface area contributed by atoms with Gasteiger partial charge in [0.1, 0.15) is 6.04 Å². The fraction of sp³-hybridized carbons (Fsp3) is 0.175. The molecule has 1 atom stereocenters. The first-order chi connectivity index (χ1) is 22.5. The van der Waals surface area contributed by atoms with E-state index in [1.54, 1.807) is 24.3 Å². The molecule has 0 aliphatic carbocycles. The molecule has 0 aromatic heterocycles. The minimum absolute atomic E-state index is 0.0675. The van der Waals surface area contributed by atoms with Crippen LogP contribution in [0.3, 0.4) is 0 Å². The zero-order chi connectivity index (χ0) is 33.6. The lowest BCUT2D eigenvalue weighted by Gasteiger charge is -2.19. The molecule has 0 radical (unpaired) electrons. The highest BCUT2D eigenvalue weighted by Crippen LogP contribution is 2.28. The molecule has 0 spiro atoms. The molecule has 5 aromatic carbocycles. The fourth-order valence-corrected chi connectivity index (χ4v) is 5.35. The number of anilines is 1. The van der Waals surface area contributed by atoms with E-state index in [0.29, 0.717) is 12.1 Å².